The maximum atomic E-state index is 13.1. The SMILES string of the molecule is Cc1ccc(/C=C/c2nc3cc(F)c(F)cc3[nH]2)cc1. The summed E-state index contributed by atoms with van der Waals surface area (Å²) in [6.07, 6.45) is 3.67. The van der Waals surface area contributed by atoms with E-state index >= 15 is 0 Å². The van der Waals surface area contributed by atoms with Crippen LogP contribution in [0.15, 0.2) is 36.4 Å². The number of nitrogens with zero attached hydrogens (tertiary/aromatic N) is 1. The van der Waals surface area contributed by atoms with Crippen LogP contribution in [-0.4, -0.2) is 9.97 Å². The van der Waals surface area contributed by atoms with Crippen molar-refractivity contribution in [1.82, 2.24) is 9.97 Å². The molecule has 0 bridgehead atoms. The second-order valence-electron chi connectivity index (χ2n) is 4.65. The number of nitrogens with one attached hydrogen (secondary N) is 1. The minimum atomic E-state index is -0.891. The minimum Gasteiger partial charge on any atom is -0.338 e. The molecule has 0 aliphatic heterocycles. The molecule has 0 spiro atoms. The molecule has 3 rings (SSSR count). The summed E-state index contributed by atoms with van der Waals surface area (Å²) >= 11 is 0. The molecule has 0 unspecified atom stereocenters. The summed E-state index contributed by atoms with van der Waals surface area (Å²) in [5, 5.41) is 0. The van der Waals surface area contributed by atoms with Crippen molar-refractivity contribution in [2.24, 2.45) is 0 Å². The number of imidazole rings is 1. The van der Waals surface area contributed by atoms with E-state index in [0.717, 1.165) is 17.7 Å². The van der Waals surface area contributed by atoms with Gasteiger partial charge in [0.1, 0.15) is 5.82 Å². The molecular weight excluding hydrogens is 258 g/mol. The van der Waals surface area contributed by atoms with Crippen molar-refractivity contribution >= 4 is 23.2 Å². The van der Waals surface area contributed by atoms with Crippen molar-refractivity contribution in [1.29, 1.82) is 0 Å². The monoisotopic (exact) mass is 270 g/mol. The molecule has 0 aliphatic carbocycles. The molecule has 1 aromatic heterocycles. The topological polar surface area (TPSA) is 28.7 Å². The van der Waals surface area contributed by atoms with Gasteiger partial charge in [-0.1, -0.05) is 35.9 Å². The largest absolute Gasteiger partial charge is 0.338 e. The number of hydrogen-bond acceptors (Lipinski definition) is 1. The van der Waals surface area contributed by atoms with Crippen LogP contribution < -0.4 is 0 Å². The molecule has 0 saturated heterocycles. The number of aromatic nitrogens is 2. The summed E-state index contributed by atoms with van der Waals surface area (Å²) in [4.78, 5) is 7.14. The van der Waals surface area contributed by atoms with Crippen LogP contribution in [0.2, 0.25) is 0 Å². The maximum absolute atomic E-state index is 13.1. The van der Waals surface area contributed by atoms with Gasteiger partial charge in [0.2, 0.25) is 0 Å². The maximum Gasteiger partial charge on any atom is 0.161 e. The van der Waals surface area contributed by atoms with Crippen LogP contribution in [0.3, 0.4) is 0 Å². The highest BCUT2D eigenvalue weighted by molar-refractivity contribution is 5.78. The molecule has 20 heavy (non-hydrogen) atoms. The molecule has 100 valence electrons. The summed E-state index contributed by atoms with van der Waals surface area (Å²) in [5.74, 6) is -1.21. The first kappa shape index (κ1) is 12.5. The van der Waals surface area contributed by atoms with Crippen molar-refractivity contribution in [2.75, 3.05) is 0 Å². The van der Waals surface area contributed by atoms with E-state index in [0.29, 0.717) is 16.9 Å². The van der Waals surface area contributed by atoms with Gasteiger partial charge in [-0.05, 0) is 18.6 Å². The number of benzene rings is 2. The number of aryl methyl sites for hydroxylation is 1. The van der Waals surface area contributed by atoms with E-state index in [1.165, 1.54) is 5.56 Å². The minimum absolute atomic E-state index is 0.410. The summed E-state index contributed by atoms with van der Waals surface area (Å²) in [5.41, 5.74) is 3.12. The predicted octanol–water partition coefficient (Wildman–Crippen LogP) is 4.32. The Morgan fingerprint density at radius 1 is 1.00 bits per heavy atom. The Morgan fingerprint density at radius 2 is 1.70 bits per heavy atom. The molecule has 0 aliphatic rings. The normalized spacial score (nSPS) is 11.6. The molecule has 0 fully saturated rings. The van der Waals surface area contributed by atoms with E-state index in [-0.39, 0.29) is 0 Å². The van der Waals surface area contributed by atoms with Gasteiger partial charge in [-0.2, -0.15) is 0 Å². The summed E-state index contributed by atoms with van der Waals surface area (Å²) in [6, 6.07) is 10.2. The van der Waals surface area contributed by atoms with E-state index in [4.69, 9.17) is 0 Å². The number of rotatable bonds is 2. The predicted molar refractivity (Wildman–Crippen MR) is 76.1 cm³/mol. The van der Waals surface area contributed by atoms with E-state index < -0.39 is 11.6 Å². The standard InChI is InChI=1S/C16H12F2N2/c1-10-2-4-11(5-3-10)6-7-16-19-14-8-12(17)13(18)9-15(14)20-16/h2-9H,1H3,(H,19,20)/b7-6+. The van der Waals surface area contributed by atoms with E-state index in [1.807, 2.05) is 37.3 Å². The lowest BCUT2D eigenvalue weighted by Gasteiger charge is -1.93. The number of fused-ring (bicyclic) bond motifs is 1. The molecule has 0 atom stereocenters. The quantitative estimate of drug-likeness (QED) is 0.738. The zero-order chi connectivity index (χ0) is 14.1. The Labute approximate surface area is 114 Å². The lowest BCUT2D eigenvalue weighted by molar-refractivity contribution is 0.510. The number of hydrogen-bond donors (Lipinski definition) is 1. The summed E-state index contributed by atoms with van der Waals surface area (Å²) in [6.45, 7) is 2.02. The van der Waals surface area contributed by atoms with Gasteiger partial charge in [0.15, 0.2) is 11.6 Å². The highest BCUT2D eigenvalue weighted by Gasteiger charge is 2.07. The van der Waals surface area contributed by atoms with Crippen LogP contribution in [0.1, 0.15) is 17.0 Å². The highest BCUT2D eigenvalue weighted by Crippen LogP contribution is 2.17. The van der Waals surface area contributed by atoms with Crippen LogP contribution >= 0.6 is 0 Å². The van der Waals surface area contributed by atoms with Crippen LogP contribution in [-0.2, 0) is 0 Å². The van der Waals surface area contributed by atoms with Crippen LogP contribution in [0.25, 0.3) is 23.2 Å². The average Bonchev–Trinajstić information content (AvgIpc) is 2.80. The van der Waals surface area contributed by atoms with Crippen LogP contribution in [0.5, 0.6) is 0 Å². The lowest BCUT2D eigenvalue weighted by atomic mass is 10.1. The van der Waals surface area contributed by atoms with E-state index in [9.17, 15) is 8.78 Å². The molecule has 0 saturated carbocycles. The first-order chi connectivity index (χ1) is 9.61. The molecule has 2 nitrogen and oxygen atoms in total. The van der Waals surface area contributed by atoms with Gasteiger partial charge in [-0.25, -0.2) is 13.8 Å². The Balaban J connectivity index is 1.92. The lowest BCUT2D eigenvalue weighted by Crippen LogP contribution is -1.82. The fourth-order valence-electron chi connectivity index (χ4n) is 1.96. The number of halogens is 2. The summed E-state index contributed by atoms with van der Waals surface area (Å²) in [7, 11) is 0. The van der Waals surface area contributed by atoms with E-state index in [1.54, 1.807) is 6.08 Å². The molecular formula is C16H12F2N2. The smallest absolute Gasteiger partial charge is 0.161 e. The second-order valence-corrected chi connectivity index (χ2v) is 4.65. The van der Waals surface area contributed by atoms with Gasteiger partial charge < -0.3 is 4.98 Å². The van der Waals surface area contributed by atoms with Crippen molar-refractivity contribution in [3.05, 3.63) is 65.0 Å². The number of aromatic amines is 1. The average molecular weight is 270 g/mol. The zero-order valence-corrected chi connectivity index (χ0v) is 10.8. The fourth-order valence-corrected chi connectivity index (χ4v) is 1.96. The molecule has 4 heteroatoms. The van der Waals surface area contributed by atoms with Gasteiger partial charge in [-0.15, -0.1) is 0 Å². The highest BCUT2D eigenvalue weighted by atomic mass is 19.2. The molecule has 3 aromatic rings. The Morgan fingerprint density at radius 3 is 2.45 bits per heavy atom. The third-order valence-corrected chi connectivity index (χ3v) is 3.05. The first-order valence-corrected chi connectivity index (χ1v) is 6.21. The van der Waals surface area contributed by atoms with Crippen molar-refractivity contribution in [2.45, 2.75) is 6.92 Å². The van der Waals surface area contributed by atoms with Gasteiger partial charge in [0.05, 0.1) is 11.0 Å². The van der Waals surface area contributed by atoms with Crippen molar-refractivity contribution < 1.29 is 8.78 Å². The molecule has 0 amide bonds. The van der Waals surface area contributed by atoms with Crippen molar-refractivity contribution in [3.63, 3.8) is 0 Å². The third kappa shape index (κ3) is 2.45. The molecule has 2 aromatic carbocycles. The zero-order valence-electron chi connectivity index (χ0n) is 10.8. The van der Waals surface area contributed by atoms with E-state index in [2.05, 4.69) is 9.97 Å². The fraction of sp³-hybridized carbons (Fsp3) is 0.0625. The second kappa shape index (κ2) is 4.89. The Bertz CT molecular complexity index is 747. The van der Waals surface area contributed by atoms with Crippen molar-refractivity contribution in [3.8, 4) is 0 Å². The molecule has 1 heterocycles. The third-order valence-electron chi connectivity index (χ3n) is 3.05. The number of H-pyrrole nitrogens is 1. The van der Waals surface area contributed by atoms with Gasteiger partial charge >= 0.3 is 0 Å². The molecule has 0 radical (unpaired) electrons. The van der Waals surface area contributed by atoms with Gasteiger partial charge in [0, 0.05) is 12.1 Å². The Hall–Kier alpha value is -2.49. The first-order valence-electron chi connectivity index (χ1n) is 6.21. The van der Waals surface area contributed by atoms with Gasteiger partial charge in [0.25, 0.3) is 0 Å². The molecule has 1 N–H and O–H groups in total. The van der Waals surface area contributed by atoms with Gasteiger partial charge in [-0.3, -0.25) is 0 Å². The van der Waals surface area contributed by atoms with Crippen LogP contribution in [0, 0.1) is 18.6 Å². The Kier molecular flexibility index (Phi) is 3.06. The summed E-state index contributed by atoms with van der Waals surface area (Å²) < 4.78 is 26.2. The van der Waals surface area contributed by atoms with Crippen LogP contribution in [0.4, 0.5) is 8.78 Å².